The number of hydrogen-bond acceptors (Lipinski definition) is 4. The Hall–Kier alpha value is -1.53. The second kappa shape index (κ2) is 8.72. The third-order valence-corrected chi connectivity index (χ3v) is 6.15. The highest BCUT2D eigenvalue weighted by molar-refractivity contribution is 8.00. The molecule has 0 spiro atoms. The van der Waals surface area contributed by atoms with Crippen molar-refractivity contribution in [1.82, 2.24) is 5.32 Å². The van der Waals surface area contributed by atoms with Gasteiger partial charge in [-0.1, -0.05) is 12.8 Å². The quantitative estimate of drug-likeness (QED) is 0.789. The van der Waals surface area contributed by atoms with Crippen LogP contribution in [0.5, 0.6) is 0 Å². The maximum atomic E-state index is 12.1. The molecule has 0 radical (unpaired) electrons. The lowest BCUT2D eigenvalue weighted by Crippen LogP contribution is -2.45. The van der Waals surface area contributed by atoms with Gasteiger partial charge in [-0.3, -0.25) is 9.59 Å². The van der Waals surface area contributed by atoms with Crippen LogP contribution < -0.4 is 10.6 Å². The number of carbonyl (C=O) groups excluding carboxylic acids is 2. The van der Waals surface area contributed by atoms with Crippen LogP contribution in [0.1, 0.15) is 45.4 Å². The molecule has 0 bridgehead atoms. The van der Waals surface area contributed by atoms with Crippen molar-refractivity contribution in [3.8, 4) is 0 Å². The molecular weight excluding hydrogens is 336 g/mol. The summed E-state index contributed by atoms with van der Waals surface area (Å²) in [4.78, 5) is 25.3. The molecule has 2 fully saturated rings. The highest BCUT2D eigenvalue weighted by Gasteiger charge is 2.25. The highest BCUT2D eigenvalue weighted by Crippen LogP contribution is 2.34. The Labute approximate surface area is 153 Å². The molecule has 1 saturated heterocycles. The van der Waals surface area contributed by atoms with Crippen molar-refractivity contribution in [3.05, 3.63) is 24.3 Å². The van der Waals surface area contributed by atoms with E-state index in [1.807, 2.05) is 43.0 Å². The SMILES string of the molecule is C[C@@H](NC(=O)C(=O)Nc1ccc(SC2CCCC2)cc1)[C@@H]1CCCO1. The van der Waals surface area contributed by atoms with Gasteiger partial charge < -0.3 is 15.4 Å². The highest BCUT2D eigenvalue weighted by atomic mass is 32.2. The number of benzene rings is 1. The number of amides is 2. The number of anilines is 1. The molecule has 2 atom stereocenters. The minimum absolute atomic E-state index is 0.00338. The molecule has 2 N–H and O–H groups in total. The molecule has 3 rings (SSSR count). The summed E-state index contributed by atoms with van der Waals surface area (Å²) in [7, 11) is 0. The van der Waals surface area contributed by atoms with Gasteiger partial charge in [0.05, 0.1) is 12.1 Å². The number of thioether (sulfide) groups is 1. The fourth-order valence-corrected chi connectivity index (χ4v) is 4.61. The van der Waals surface area contributed by atoms with E-state index in [2.05, 4.69) is 10.6 Å². The first-order chi connectivity index (χ1) is 12.1. The average molecular weight is 362 g/mol. The number of ether oxygens (including phenoxy) is 1. The number of nitrogens with one attached hydrogen (secondary N) is 2. The molecule has 1 aliphatic heterocycles. The Balaban J connectivity index is 1.47. The lowest BCUT2D eigenvalue weighted by Gasteiger charge is -2.19. The predicted molar refractivity (Wildman–Crippen MR) is 99.8 cm³/mol. The first-order valence-corrected chi connectivity index (χ1v) is 10.00. The summed E-state index contributed by atoms with van der Waals surface area (Å²) in [5, 5.41) is 6.09. The van der Waals surface area contributed by atoms with Gasteiger partial charge in [0.2, 0.25) is 0 Å². The molecule has 2 aliphatic rings. The van der Waals surface area contributed by atoms with Crippen LogP contribution in [-0.4, -0.2) is 35.8 Å². The Morgan fingerprint density at radius 1 is 1.08 bits per heavy atom. The van der Waals surface area contributed by atoms with Crippen molar-refractivity contribution >= 4 is 29.3 Å². The van der Waals surface area contributed by atoms with Gasteiger partial charge in [-0.2, -0.15) is 0 Å². The van der Waals surface area contributed by atoms with E-state index >= 15 is 0 Å². The van der Waals surface area contributed by atoms with E-state index in [-0.39, 0.29) is 12.1 Å². The fraction of sp³-hybridized carbons (Fsp3) is 0.579. The molecular formula is C19H26N2O3S. The normalized spacial score (nSPS) is 21.9. The van der Waals surface area contributed by atoms with E-state index in [0.29, 0.717) is 10.9 Å². The second-order valence-electron chi connectivity index (χ2n) is 6.82. The molecule has 5 nitrogen and oxygen atoms in total. The van der Waals surface area contributed by atoms with Crippen LogP contribution in [0.2, 0.25) is 0 Å². The van der Waals surface area contributed by atoms with E-state index < -0.39 is 11.8 Å². The molecule has 0 unspecified atom stereocenters. The fourth-order valence-electron chi connectivity index (χ4n) is 3.37. The standard InChI is InChI=1S/C19H26N2O3S/c1-13(17-7-4-12-24-17)20-18(22)19(23)21-14-8-10-16(11-9-14)25-15-5-2-3-6-15/h8-11,13,15,17H,2-7,12H2,1H3,(H,20,22)(H,21,23)/t13-,17+/m1/s1. The summed E-state index contributed by atoms with van der Waals surface area (Å²) >= 11 is 1.90. The Kier molecular flexibility index (Phi) is 6.37. The number of rotatable bonds is 5. The maximum absolute atomic E-state index is 12.1. The van der Waals surface area contributed by atoms with E-state index in [9.17, 15) is 9.59 Å². The van der Waals surface area contributed by atoms with Gasteiger partial charge in [0, 0.05) is 22.4 Å². The van der Waals surface area contributed by atoms with Gasteiger partial charge >= 0.3 is 11.8 Å². The first-order valence-electron chi connectivity index (χ1n) is 9.12. The van der Waals surface area contributed by atoms with Crippen molar-refractivity contribution < 1.29 is 14.3 Å². The third kappa shape index (κ3) is 5.22. The molecule has 25 heavy (non-hydrogen) atoms. The summed E-state index contributed by atoms with van der Waals surface area (Å²) < 4.78 is 5.53. The first kappa shape index (κ1) is 18.3. The molecule has 1 aromatic rings. The van der Waals surface area contributed by atoms with Gasteiger partial charge in [0.15, 0.2) is 0 Å². The third-order valence-electron chi connectivity index (χ3n) is 4.80. The smallest absolute Gasteiger partial charge is 0.313 e. The molecule has 1 aliphatic carbocycles. The van der Waals surface area contributed by atoms with Gasteiger partial charge in [-0.25, -0.2) is 0 Å². The average Bonchev–Trinajstić information content (AvgIpc) is 3.30. The molecule has 1 saturated carbocycles. The number of carbonyl (C=O) groups is 2. The van der Waals surface area contributed by atoms with Crippen molar-refractivity contribution in [3.63, 3.8) is 0 Å². The summed E-state index contributed by atoms with van der Waals surface area (Å²) in [6, 6.07) is 7.56. The molecule has 6 heteroatoms. The number of hydrogen-bond donors (Lipinski definition) is 2. The summed E-state index contributed by atoms with van der Waals surface area (Å²) in [6.45, 7) is 2.60. The molecule has 1 heterocycles. The van der Waals surface area contributed by atoms with Crippen molar-refractivity contribution in [1.29, 1.82) is 0 Å². The Bertz CT molecular complexity index is 593. The van der Waals surface area contributed by atoms with Crippen molar-refractivity contribution in [2.24, 2.45) is 0 Å². The minimum Gasteiger partial charge on any atom is -0.376 e. The van der Waals surface area contributed by atoms with Crippen molar-refractivity contribution in [2.75, 3.05) is 11.9 Å². The lowest BCUT2D eigenvalue weighted by molar-refractivity contribution is -0.137. The Morgan fingerprint density at radius 3 is 2.44 bits per heavy atom. The van der Waals surface area contributed by atoms with Crippen LogP contribution in [0.3, 0.4) is 0 Å². The van der Waals surface area contributed by atoms with E-state index in [0.717, 1.165) is 19.4 Å². The van der Waals surface area contributed by atoms with Crippen LogP contribution in [-0.2, 0) is 14.3 Å². The van der Waals surface area contributed by atoms with E-state index in [1.165, 1.54) is 30.6 Å². The second-order valence-corrected chi connectivity index (χ2v) is 8.19. The van der Waals surface area contributed by atoms with Gasteiger partial charge in [0.1, 0.15) is 0 Å². The maximum Gasteiger partial charge on any atom is 0.313 e. The zero-order valence-corrected chi connectivity index (χ0v) is 15.4. The van der Waals surface area contributed by atoms with Gasteiger partial charge in [0.25, 0.3) is 0 Å². The van der Waals surface area contributed by atoms with Crippen LogP contribution in [0, 0.1) is 0 Å². The lowest BCUT2D eigenvalue weighted by atomic mass is 10.1. The summed E-state index contributed by atoms with van der Waals surface area (Å²) in [5.74, 6) is -1.26. The largest absolute Gasteiger partial charge is 0.376 e. The van der Waals surface area contributed by atoms with Gasteiger partial charge in [-0.05, 0) is 56.9 Å². The molecule has 1 aromatic carbocycles. The van der Waals surface area contributed by atoms with E-state index in [4.69, 9.17) is 4.74 Å². The Morgan fingerprint density at radius 2 is 1.80 bits per heavy atom. The minimum atomic E-state index is -0.638. The monoisotopic (exact) mass is 362 g/mol. The van der Waals surface area contributed by atoms with Gasteiger partial charge in [-0.15, -0.1) is 11.8 Å². The topological polar surface area (TPSA) is 67.4 Å². The summed E-state index contributed by atoms with van der Waals surface area (Å²) in [5.41, 5.74) is 0.640. The molecule has 136 valence electrons. The summed E-state index contributed by atoms with van der Waals surface area (Å²) in [6.07, 6.45) is 7.14. The molecule has 2 amide bonds. The predicted octanol–water partition coefficient (Wildman–Crippen LogP) is 3.34. The van der Waals surface area contributed by atoms with Crippen LogP contribution in [0.4, 0.5) is 5.69 Å². The zero-order chi connectivity index (χ0) is 17.6. The van der Waals surface area contributed by atoms with Crippen molar-refractivity contribution in [2.45, 2.75) is 67.7 Å². The molecule has 0 aromatic heterocycles. The zero-order valence-electron chi connectivity index (χ0n) is 14.6. The van der Waals surface area contributed by atoms with Crippen LogP contribution in [0.25, 0.3) is 0 Å². The van der Waals surface area contributed by atoms with Crippen LogP contribution >= 0.6 is 11.8 Å². The van der Waals surface area contributed by atoms with Crippen LogP contribution in [0.15, 0.2) is 29.2 Å². The van der Waals surface area contributed by atoms with E-state index in [1.54, 1.807) is 0 Å².